The van der Waals surface area contributed by atoms with E-state index in [4.69, 9.17) is 11.6 Å². The molecule has 4 rings (SSSR count). The normalized spacial score (nSPS) is 14.7. The second-order valence-electron chi connectivity index (χ2n) is 6.97. The van der Waals surface area contributed by atoms with E-state index in [2.05, 4.69) is 20.3 Å². The number of urea groups is 1. The summed E-state index contributed by atoms with van der Waals surface area (Å²) in [6, 6.07) is 2.81. The molecule has 1 aromatic carbocycles. The first-order valence-corrected chi connectivity index (χ1v) is 9.52. The van der Waals surface area contributed by atoms with E-state index in [-0.39, 0.29) is 5.69 Å². The highest BCUT2D eigenvalue weighted by molar-refractivity contribution is 6.31. The van der Waals surface area contributed by atoms with Gasteiger partial charge in [-0.1, -0.05) is 17.7 Å². The third-order valence-electron chi connectivity index (χ3n) is 4.99. The molecule has 0 spiro atoms. The number of hydrogen-bond acceptors (Lipinski definition) is 3. The van der Waals surface area contributed by atoms with Gasteiger partial charge in [-0.15, -0.1) is 0 Å². The van der Waals surface area contributed by atoms with Crippen LogP contribution in [0.1, 0.15) is 23.2 Å². The van der Waals surface area contributed by atoms with Crippen molar-refractivity contribution in [3.05, 3.63) is 58.6 Å². The van der Waals surface area contributed by atoms with Gasteiger partial charge in [0.15, 0.2) is 0 Å². The second-order valence-corrected chi connectivity index (χ2v) is 7.37. The molecule has 2 N–H and O–H groups in total. The first-order valence-electron chi connectivity index (χ1n) is 9.15. The number of aryl methyl sites for hydroxylation is 1. The summed E-state index contributed by atoms with van der Waals surface area (Å²) in [6.07, 6.45) is 1.23. The van der Waals surface area contributed by atoms with Crippen molar-refractivity contribution in [1.82, 2.24) is 19.9 Å². The van der Waals surface area contributed by atoms with E-state index in [1.54, 1.807) is 0 Å². The zero-order valence-corrected chi connectivity index (χ0v) is 16.6. The molecule has 0 radical (unpaired) electrons. The summed E-state index contributed by atoms with van der Waals surface area (Å²) in [5, 5.41) is 3.04. The van der Waals surface area contributed by atoms with Crippen LogP contribution >= 0.6 is 11.6 Å². The lowest BCUT2D eigenvalue weighted by molar-refractivity contribution is -0.137. The van der Waals surface area contributed by atoms with Crippen LogP contribution in [0.15, 0.2) is 36.8 Å². The number of carbonyl (C=O) groups excluding carboxylic acids is 1. The number of amides is 2. The first-order chi connectivity index (χ1) is 14.2. The molecular weight excluding hydrogens is 419 g/mol. The molecule has 2 aromatic heterocycles. The Labute approximate surface area is 174 Å². The number of H-pyrrole nitrogens is 1. The Balaban J connectivity index is 1.49. The molecule has 3 heterocycles. The molecule has 30 heavy (non-hydrogen) atoms. The lowest BCUT2D eigenvalue weighted by Crippen LogP contribution is -2.38. The summed E-state index contributed by atoms with van der Waals surface area (Å²) in [5.74, 6) is 0. The van der Waals surface area contributed by atoms with Crippen molar-refractivity contribution in [2.75, 3.05) is 18.4 Å². The van der Waals surface area contributed by atoms with Gasteiger partial charge in [0.1, 0.15) is 12.0 Å². The number of alkyl halides is 3. The van der Waals surface area contributed by atoms with Gasteiger partial charge in [-0.3, -0.25) is 0 Å². The lowest BCUT2D eigenvalue weighted by Gasteiger charge is -2.27. The van der Waals surface area contributed by atoms with E-state index in [1.165, 1.54) is 17.3 Å². The lowest BCUT2D eigenvalue weighted by atomic mass is 10.0. The topological polar surface area (TPSA) is 73.9 Å². The Bertz CT molecular complexity index is 1160. The minimum absolute atomic E-state index is 0.0342. The molecule has 3 aromatic rings. The Hall–Kier alpha value is -3.07. The molecule has 0 saturated carbocycles. The molecule has 6 nitrogen and oxygen atoms in total. The third-order valence-corrected chi connectivity index (χ3v) is 5.32. The first kappa shape index (κ1) is 20.2. The smallest absolute Gasteiger partial charge is 0.346 e. The maximum absolute atomic E-state index is 13.0. The molecule has 156 valence electrons. The number of aromatic amines is 1. The van der Waals surface area contributed by atoms with E-state index < -0.39 is 22.8 Å². The van der Waals surface area contributed by atoms with Gasteiger partial charge in [-0.2, -0.15) is 13.2 Å². The molecule has 0 fully saturated rings. The summed E-state index contributed by atoms with van der Waals surface area (Å²) in [4.78, 5) is 25.8. The number of fused-ring (bicyclic) bond motifs is 1. The van der Waals surface area contributed by atoms with Gasteiger partial charge in [0, 0.05) is 30.4 Å². The van der Waals surface area contributed by atoms with Crippen LogP contribution in [0.25, 0.3) is 16.6 Å². The molecule has 0 bridgehead atoms. The van der Waals surface area contributed by atoms with Crippen LogP contribution in [0.2, 0.25) is 5.02 Å². The minimum Gasteiger partial charge on any atom is -0.346 e. The monoisotopic (exact) mass is 435 g/mol. The molecule has 1 aliphatic heterocycles. The molecule has 0 atom stereocenters. The SMILES string of the molecule is Cc1c[nH]c2ncnc(C3=CCN(C(=O)Nc4ccc(Cl)c(C(F)(F)F)c4)CC3)c12. The van der Waals surface area contributed by atoms with Crippen LogP contribution in [0.3, 0.4) is 0 Å². The number of halogens is 4. The fourth-order valence-corrected chi connectivity index (χ4v) is 3.68. The highest BCUT2D eigenvalue weighted by Gasteiger charge is 2.33. The number of carbonyl (C=O) groups is 1. The van der Waals surface area contributed by atoms with Crippen molar-refractivity contribution >= 4 is 39.9 Å². The molecule has 1 aliphatic rings. The van der Waals surface area contributed by atoms with Crippen molar-refractivity contribution < 1.29 is 18.0 Å². The maximum Gasteiger partial charge on any atom is 0.417 e. The molecule has 2 amide bonds. The zero-order chi connectivity index (χ0) is 21.5. The van der Waals surface area contributed by atoms with Gasteiger partial charge in [0.25, 0.3) is 0 Å². The summed E-state index contributed by atoms with van der Waals surface area (Å²) in [6.45, 7) is 2.69. The summed E-state index contributed by atoms with van der Waals surface area (Å²) in [5.41, 5.74) is 2.65. The van der Waals surface area contributed by atoms with Gasteiger partial charge < -0.3 is 15.2 Å². The summed E-state index contributed by atoms with van der Waals surface area (Å²) < 4.78 is 39.0. The van der Waals surface area contributed by atoms with Gasteiger partial charge in [0.05, 0.1) is 16.3 Å². The van der Waals surface area contributed by atoms with Crippen LogP contribution in [-0.4, -0.2) is 39.0 Å². The number of hydrogen-bond donors (Lipinski definition) is 2. The van der Waals surface area contributed by atoms with Crippen molar-refractivity contribution in [3.63, 3.8) is 0 Å². The standard InChI is InChI=1S/C20H17ClF3N5O/c1-11-9-25-18-16(11)17(26-10-27-18)12-4-6-29(7-5-12)19(30)28-13-2-3-15(21)14(8-13)20(22,23)24/h2-4,8-10H,5-7H2,1H3,(H,28,30)(H,25,26,27). The fourth-order valence-electron chi connectivity index (χ4n) is 3.45. The van der Waals surface area contributed by atoms with Crippen molar-refractivity contribution in [2.45, 2.75) is 19.5 Å². The maximum atomic E-state index is 13.0. The van der Waals surface area contributed by atoms with Crippen LogP contribution < -0.4 is 5.32 Å². The van der Waals surface area contributed by atoms with E-state index in [1.807, 2.05) is 19.2 Å². The van der Waals surface area contributed by atoms with E-state index in [9.17, 15) is 18.0 Å². The quantitative estimate of drug-likeness (QED) is 0.576. The molecule has 0 unspecified atom stereocenters. The highest BCUT2D eigenvalue weighted by atomic mass is 35.5. The van der Waals surface area contributed by atoms with Crippen molar-refractivity contribution in [1.29, 1.82) is 0 Å². The largest absolute Gasteiger partial charge is 0.417 e. The third kappa shape index (κ3) is 3.85. The van der Waals surface area contributed by atoms with Gasteiger partial charge in [0.2, 0.25) is 0 Å². The van der Waals surface area contributed by atoms with Gasteiger partial charge in [-0.25, -0.2) is 14.8 Å². The number of rotatable bonds is 2. The predicted molar refractivity (Wildman–Crippen MR) is 108 cm³/mol. The van der Waals surface area contributed by atoms with Crippen LogP contribution in [0.4, 0.5) is 23.7 Å². The number of anilines is 1. The average Bonchev–Trinajstić information content (AvgIpc) is 3.10. The number of aromatic nitrogens is 3. The average molecular weight is 436 g/mol. The highest BCUT2D eigenvalue weighted by Crippen LogP contribution is 2.36. The molecule has 0 saturated heterocycles. The summed E-state index contributed by atoms with van der Waals surface area (Å²) >= 11 is 5.62. The predicted octanol–water partition coefficient (Wildman–Crippen LogP) is 5.26. The summed E-state index contributed by atoms with van der Waals surface area (Å²) in [7, 11) is 0. The Kier molecular flexibility index (Phi) is 5.15. The van der Waals surface area contributed by atoms with Crippen LogP contribution in [0.5, 0.6) is 0 Å². The van der Waals surface area contributed by atoms with Crippen LogP contribution in [-0.2, 0) is 6.18 Å². The second kappa shape index (κ2) is 7.64. The fraction of sp³-hybridized carbons (Fsp3) is 0.250. The van der Waals surface area contributed by atoms with Gasteiger partial charge >= 0.3 is 12.2 Å². The molecule has 10 heteroatoms. The Morgan fingerprint density at radius 2 is 2.10 bits per heavy atom. The van der Waals surface area contributed by atoms with Crippen molar-refractivity contribution in [3.8, 4) is 0 Å². The zero-order valence-electron chi connectivity index (χ0n) is 15.8. The number of nitrogens with one attached hydrogen (secondary N) is 2. The van der Waals surface area contributed by atoms with E-state index in [0.29, 0.717) is 19.5 Å². The van der Waals surface area contributed by atoms with E-state index >= 15 is 0 Å². The molecule has 0 aliphatic carbocycles. The number of benzene rings is 1. The number of nitrogens with zero attached hydrogens (tertiary/aromatic N) is 3. The molecular formula is C20H17ClF3N5O. The Morgan fingerprint density at radius 1 is 1.30 bits per heavy atom. The van der Waals surface area contributed by atoms with E-state index in [0.717, 1.165) is 40.0 Å². The van der Waals surface area contributed by atoms with Crippen molar-refractivity contribution in [2.24, 2.45) is 0 Å². The minimum atomic E-state index is -4.60. The Morgan fingerprint density at radius 3 is 2.80 bits per heavy atom. The van der Waals surface area contributed by atoms with Gasteiger partial charge in [-0.05, 0) is 42.7 Å². The van der Waals surface area contributed by atoms with Crippen LogP contribution in [0, 0.1) is 6.92 Å².